The van der Waals surface area contributed by atoms with Gasteiger partial charge in [-0.25, -0.2) is 4.39 Å². The number of nitrogens with one attached hydrogen (secondary N) is 2. The number of carbonyl (C=O) groups is 3. The summed E-state index contributed by atoms with van der Waals surface area (Å²) >= 11 is 1.31. The molecular weight excluding hydrogens is 335 g/mol. The van der Waals surface area contributed by atoms with Gasteiger partial charge < -0.3 is 4.74 Å². The second-order valence-electron chi connectivity index (χ2n) is 4.72. The number of ether oxygens (including phenoxy) is 1. The van der Waals surface area contributed by atoms with Crippen LogP contribution in [0.3, 0.4) is 0 Å². The van der Waals surface area contributed by atoms with Crippen molar-refractivity contribution >= 4 is 28.9 Å². The molecule has 2 amide bonds. The highest BCUT2D eigenvalue weighted by Crippen LogP contribution is 2.15. The highest BCUT2D eigenvalue weighted by Gasteiger charge is 2.11. The van der Waals surface area contributed by atoms with Crippen LogP contribution in [0.25, 0.3) is 0 Å². The molecule has 0 bridgehead atoms. The third-order valence-corrected chi connectivity index (χ3v) is 3.82. The Balaban J connectivity index is 1.65. The van der Waals surface area contributed by atoms with E-state index in [-0.39, 0.29) is 24.4 Å². The van der Waals surface area contributed by atoms with Crippen molar-refractivity contribution in [2.75, 3.05) is 6.61 Å². The molecule has 0 aliphatic heterocycles. The Morgan fingerprint density at radius 2 is 1.75 bits per heavy atom. The van der Waals surface area contributed by atoms with Gasteiger partial charge in [-0.1, -0.05) is 18.2 Å². The van der Waals surface area contributed by atoms with E-state index in [1.54, 1.807) is 23.6 Å². The van der Waals surface area contributed by atoms with Crippen LogP contribution < -0.4 is 15.6 Å². The van der Waals surface area contributed by atoms with Crippen molar-refractivity contribution in [3.05, 3.63) is 52.5 Å². The Bertz CT molecular complexity index is 719. The lowest BCUT2D eigenvalue weighted by atomic mass is 10.2. The molecule has 6 nitrogen and oxygen atoms in total. The van der Waals surface area contributed by atoms with Crippen molar-refractivity contribution in [2.45, 2.75) is 12.8 Å². The second-order valence-corrected chi connectivity index (χ2v) is 5.66. The second kappa shape index (κ2) is 8.78. The van der Waals surface area contributed by atoms with Crippen molar-refractivity contribution in [3.63, 3.8) is 0 Å². The largest absolute Gasteiger partial charge is 0.481 e. The first-order valence-electron chi connectivity index (χ1n) is 7.08. The smallest absolute Gasteiger partial charge is 0.276 e. The van der Waals surface area contributed by atoms with Crippen LogP contribution in [0.1, 0.15) is 22.5 Å². The first-order chi connectivity index (χ1) is 11.6. The lowest BCUT2D eigenvalue weighted by molar-refractivity contribution is -0.130. The molecule has 0 unspecified atom stereocenters. The van der Waals surface area contributed by atoms with Gasteiger partial charge in [0, 0.05) is 12.8 Å². The number of hydrazine groups is 1. The van der Waals surface area contributed by atoms with Crippen LogP contribution in [0.15, 0.2) is 41.8 Å². The summed E-state index contributed by atoms with van der Waals surface area (Å²) < 4.78 is 18.3. The summed E-state index contributed by atoms with van der Waals surface area (Å²) in [6, 6.07) is 9.11. The summed E-state index contributed by atoms with van der Waals surface area (Å²) in [5, 5.41) is 1.78. The predicted molar refractivity (Wildman–Crippen MR) is 86.1 cm³/mol. The average Bonchev–Trinajstić information content (AvgIpc) is 3.11. The molecule has 2 aromatic rings. The Hall–Kier alpha value is -2.74. The van der Waals surface area contributed by atoms with Gasteiger partial charge in [-0.15, -0.1) is 11.3 Å². The molecule has 0 saturated heterocycles. The number of halogens is 1. The molecule has 0 spiro atoms. The summed E-state index contributed by atoms with van der Waals surface area (Å²) in [5.74, 6) is -1.91. The summed E-state index contributed by atoms with van der Waals surface area (Å²) in [5.41, 5.74) is 4.31. The fraction of sp³-hybridized carbons (Fsp3) is 0.188. The zero-order valence-electron chi connectivity index (χ0n) is 12.6. The molecule has 2 N–H and O–H groups in total. The topological polar surface area (TPSA) is 84.5 Å². The molecular formula is C16H15FN2O4S. The fourth-order valence-corrected chi connectivity index (χ4v) is 2.42. The van der Waals surface area contributed by atoms with Gasteiger partial charge in [0.1, 0.15) is 0 Å². The summed E-state index contributed by atoms with van der Waals surface area (Å²) in [6.07, 6.45) is -0.000865. The molecule has 126 valence electrons. The summed E-state index contributed by atoms with van der Waals surface area (Å²) in [6.45, 7) is -0.449. The number of hydrogen-bond donors (Lipinski definition) is 2. The van der Waals surface area contributed by atoms with Crippen molar-refractivity contribution in [2.24, 2.45) is 0 Å². The SMILES string of the molecule is O=C(CCC(=O)c1cccs1)NNC(=O)COc1ccccc1F. The standard InChI is InChI=1S/C16H15FN2O4S/c17-11-4-1-2-5-13(11)23-10-16(22)19-18-15(21)8-7-12(20)14-6-3-9-24-14/h1-6,9H,7-8,10H2,(H,18,21)(H,19,22). The van der Waals surface area contributed by atoms with E-state index < -0.39 is 24.2 Å². The van der Waals surface area contributed by atoms with Crippen LogP contribution in [0.5, 0.6) is 5.75 Å². The van der Waals surface area contributed by atoms with Gasteiger partial charge in [-0.3, -0.25) is 25.2 Å². The molecule has 1 heterocycles. The normalized spacial score (nSPS) is 10.0. The molecule has 0 aliphatic carbocycles. The quantitative estimate of drug-likeness (QED) is 0.591. The van der Waals surface area contributed by atoms with Crippen LogP contribution in [0.4, 0.5) is 4.39 Å². The van der Waals surface area contributed by atoms with Crippen molar-refractivity contribution in [1.82, 2.24) is 10.9 Å². The highest BCUT2D eigenvalue weighted by atomic mass is 32.1. The number of ketones is 1. The van der Waals surface area contributed by atoms with Gasteiger partial charge in [0.2, 0.25) is 5.91 Å². The summed E-state index contributed by atoms with van der Waals surface area (Å²) in [7, 11) is 0. The minimum absolute atomic E-state index is 0.0495. The molecule has 8 heteroatoms. The van der Waals surface area contributed by atoms with E-state index >= 15 is 0 Å². The third-order valence-electron chi connectivity index (χ3n) is 2.91. The van der Waals surface area contributed by atoms with Gasteiger partial charge in [0.25, 0.3) is 5.91 Å². The van der Waals surface area contributed by atoms with Gasteiger partial charge in [0.05, 0.1) is 4.88 Å². The van der Waals surface area contributed by atoms with Gasteiger partial charge >= 0.3 is 0 Å². The zero-order chi connectivity index (χ0) is 17.4. The number of hydrogen-bond acceptors (Lipinski definition) is 5. The zero-order valence-corrected chi connectivity index (χ0v) is 13.4. The van der Waals surface area contributed by atoms with E-state index in [1.165, 1.54) is 29.5 Å². The Morgan fingerprint density at radius 3 is 2.46 bits per heavy atom. The number of carbonyl (C=O) groups excluding carboxylic acids is 3. The molecule has 0 fully saturated rings. The molecule has 1 aromatic heterocycles. The van der Waals surface area contributed by atoms with Crippen LogP contribution in [0, 0.1) is 5.82 Å². The van der Waals surface area contributed by atoms with Crippen LogP contribution in [-0.4, -0.2) is 24.2 Å². The maximum absolute atomic E-state index is 13.3. The first kappa shape index (κ1) is 17.6. The average molecular weight is 350 g/mol. The number of thiophene rings is 1. The van der Waals surface area contributed by atoms with Crippen LogP contribution >= 0.6 is 11.3 Å². The third kappa shape index (κ3) is 5.47. The van der Waals surface area contributed by atoms with E-state index in [9.17, 15) is 18.8 Å². The van der Waals surface area contributed by atoms with Crippen LogP contribution in [0.2, 0.25) is 0 Å². The molecule has 0 atom stereocenters. The van der Waals surface area contributed by atoms with E-state index in [0.29, 0.717) is 4.88 Å². The maximum Gasteiger partial charge on any atom is 0.276 e. The molecule has 0 radical (unpaired) electrons. The Kier molecular flexibility index (Phi) is 6.44. The van der Waals surface area contributed by atoms with Gasteiger partial charge in [-0.05, 0) is 23.6 Å². The van der Waals surface area contributed by atoms with Crippen molar-refractivity contribution in [1.29, 1.82) is 0 Å². The van der Waals surface area contributed by atoms with Crippen molar-refractivity contribution in [3.8, 4) is 5.75 Å². The molecule has 2 rings (SSSR count). The van der Waals surface area contributed by atoms with E-state index in [0.717, 1.165) is 0 Å². The number of benzene rings is 1. The maximum atomic E-state index is 13.3. The Morgan fingerprint density at radius 1 is 1.00 bits per heavy atom. The van der Waals surface area contributed by atoms with Crippen molar-refractivity contribution < 1.29 is 23.5 Å². The molecule has 24 heavy (non-hydrogen) atoms. The fourth-order valence-electron chi connectivity index (χ4n) is 1.73. The predicted octanol–water partition coefficient (Wildman–Crippen LogP) is 2.08. The van der Waals surface area contributed by atoms with Gasteiger partial charge in [0.15, 0.2) is 24.0 Å². The number of amides is 2. The lowest BCUT2D eigenvalue weighted by Gasteiger charge is -2.09. The minimum Gasteiger partial charge on any atom is -0.481 e. The first-order valence-corrected chi connectivity index (χ1v) is 7.96. The monoisotopic (exact) mass is 350 g/mol. The highest BCUT2D eigenvalue weighted by molar-refractivity contribution is 7.12. The number of Topliss-reactive ketones (excluding diaryl/α,β-unsaturated/α-hetero) is 1. The van der Waals surface area contributed by atoms with E-state index in [2.05, 4.69) is 10.9 Å². The number of rotatable bonds is 7. The van der Waals surface area contributed by atoms with E-state index in [4.69, 9.17) is 4.74 Å². The van der Waals surface area contributed by atoms with E-state index in [1.807, 2.05) is 0 Å². The molecule has 0 saturated carbocycles. The summed E-state index contributed by atoms with van der Waals surface area (Å²) in [4.78, 5) is 35.4. The van der Waals surface area contributed by atoms with Gasteiger partial charge in [-0.2, -0.15) is 0 Å². The lowest BCUT2D eigenvalue weighted by Crippen LogP contribution is -2.43. The number of para-hydroxylation sites is 1. The van der Waals surface area contributed by atoms with Crippen LogP contribution in [-0.2, 0) is 9.59 Å². The molecule has 0 aliphatic rings. The Labute approximate surface area is 141 Å². The molecule has 1 aromatic carbocycles. The minimum atomic E-state index is -0.642.